The van der Waals surface area contributed by atoms with E-state index in [2.05, 4.69) is 5.10 Å². The number of hydrogen-bond donors (Lipinski definition) is 1. The second-order valence-electron chi connectivity index (χ2n) is 13.2. The molecule has 2 aromatic heterocycles. The van der Waals surface area contributed by atoms with Crippen LogP contribution in [0.5, 0.6) is 0 Å². The van der Waals surface area contributed by atoms with E-state index in [0.717, 1.165) is 44.8 Å². The standard InChI is InChI=1S/C36H34F3N7O9S/c1-22-9-11-24(12-10-22)30-20-31(36(37,38)39)40-44(30)25-13-15-27(16-14-25)56(51,52)41-32(47)17-18-33(48)53-21-26-6-5-19-42(26)45-46(55-45)54-23(2)43-34(49)28-7-3-4-8-29(28)35(43)50/h3-4,7-16,20,23,26H,5-6,17-19,21H2,1-2H3,(H,41,47)/t23?,26-,45?,46?/m0/s1. The van der Waals surface area contributed by atoms with E-state index < -0.39 is 64.7 Å². The predicted octanol–water partition coefficient (Wildman–Crippen LogP) is 4.06. The molecule has 1 N–H and O–H groups in total. The lowest BCUT2D eigenvalue weighted by atomic mass is 10.1. The summed E-state index contributed by atoms with van der Waals surface area (Å²) in [6.45, 7) is 3.78. The van der Waals surface area contributed by atoms with Crippen LogP contribution >= 0.6 is 0 Å². The topological polar surface area (TPSA) is 180 Å². The van der Waals surface area contributed by atoms with Crippen LogP contribution in [0.15, 0.2) is 88.4 Å². The van der Waals surface area contributed by atoms with Crippen molar-refractivity contribution in [2.45, 2.75) is 62.9 Å². The molecular formula is C36H34F3N7O9S. The van der Waals surface area contributed by atoms with Gasteiger partial charge in [-0.05, 0) is 69.2 Å². The number of benzene rings is 3. The van der Waals surface area contributed by atoms with Gasteiger partial charge in [-0.1, -0.05) is 42.0 Å². The van der Waals surface area contributed by atoms with Crippen molar-refractivity contribution in [2.24, 2.45) is 0 Å². The zero-order valence-corrected chi connectivity index (χ0v) is 30.6. The number of aryl methyl sites for hydroxylation is 1. The van der Waals surface area contributed by atoms with Crippen LogP contribution in [-0.2, 0) is 30.5 Å². The Morgan fingerprint density at radius 2 is 1.64 bits per heavy atom. The molecule has 4 heterocycles. The van der Waals surface area contributed by atoms with Gasteiger partial charge in [-0.25, -0.2) is 22.7 Å². The monoisotopic (exact) mass is 797 g/mol. The number of esters is 1. The Bertz CT molecular complexity index is 2360. The Hall–Kier alpha value is -6.31. The first kappa shape index (κ1) is 38.0. The summed E-state index contributed by atoms with van der Waals surface area (Å²) in [5.74, 6) is -2.72. The lowest BCUT2D eigenvalue weighted by Gasteiger charge is -2.21. The summed E-state index contributed by atoms with van der Waals surface area (Å²) in [6.07, 6.45) is -5.33. The largest absolute Gasteiger partial charge is 0.463 e. The maximum atomic E-state index is 13.6. The smallest absolute Gasteiger partial charge is 0.435 e. The molecule has 0 spiro atoms. The minimum absolute atomic E-state index is 0.0842. The van der Waals surface area contributed by atoms with Gasteiger partial charge in [0.15, 0.2) is 5.69 Å². The van der Waals surface area contributed by atoms with Gasteiger partial charge in [0, 0.05) is 18.5 Å². The highest BCUT2D eigenvalue weighted by atomic mass is 32.2. The molecule has 2 atom stereocenters. The van der Waals surface area contributed by atoms with Crippen molar-refractivity contribution in [3.8, 4) is 16.9 Å². The number of imide groups is 1. The molecule has 56 heavy (non-hydrogen) atoms. The summed E-state index contributed by atoms with van der Waals surface area (Å²) in [7, 11) is -4.41. The number of amides is 3. The van der Waals surface area contributed by atoms with E-state index in [0.29, 0.717) is 18.5 Å². The Labute approximate surface area is 316 Å². The lowest BCUT2D eigenvalue weighted by Crippen LogP contribution is -2.45. The summed E-state index contributed by atoms with van der Waals surface area (Å²) >= 11 is 0. The summed E-state index contributed by atoms with van der Waals surface area (Å²) in [4.78, 5) is 58.2. The molecule has 0 radical (unpaired) electrons. The SMILES string of the molecule is Cc1ccc(-c2cc(C(F)(F)F)nn2-c2ccc(S(=O)(=O)NC(=O)CCC(=O)OC[C@@H]3CCCN3n3on3OC(C)N3C(=O)c4ccccc4C3=O)cc2)cc1. The summed E-state index contributed by atoms with van der Waals surface area (Å²) in [5.41, 5.74) is 1.06. The third-order valence-corrected chi connectivity index (χ3v) is 10.6. The Balaban J connectivity index is 0.893. The van der Waals surface area contributed by atoms with E-state index in [4.69, 9.17) is 14.2 Å². The fraction of sp³-hybridized carbons (Fsp3) is 0.306. The highest BCUT2D eigenvalue weighted by Crippen LogP contribution is 2.33. The van der Waals surface area contributed by atoms with E-state index in [1.165, 1.54) is 24.0 Å². The van der Waals surface area contributed by atoms with Gasteiger partial charge in [-0.15, -0.1) is 0 Å². The van der Waals surface area contributed by atoms with Gasteiger partial charge in [0.1, 0.15) is 11.6 Å². The van der Waals surface area contributed by atoms with Gasteiger partial charge < -0.3 is 9.57 Å². The average Bonchev–Trinajstić information content (AvgIpc) is 3.46. The molecule has 1 saturated heterocycles. The van der Waals surface area contributed by atoms with E-state index in [1.54, 1.807) is 53.5 Å². The minimum atomic E-state index is -4.72. The van der Waals surface area contributed by atoms with Crippen LogP contribution in [0.4, 0.5) is 13.2 Å². The second-order valence-corrected chi connectivity index (χ2v) is 14.8. The predicted molar refractivity (Wildman–Crippen MR) is 188 cm³/mol. The maximum absolute atomic E-state index is 13.6. The van der Waals surface area contributed by atoms with Crippen LogP contribution in [0.25, 0.3) is 16.9 Å². The van der Waals surface area contributed by atoms with Crippen molar-refractivity contribution in [1.29, 1.82) is 0 Å². The van der Waals surface area contributed by atoms with Crippen molar-refractivity contribution in [1.82, 2.24) is 29.4 Å². The molecule has 16 nitrogen and oxygen atoms in total. The summed E-state index contributed by atoms with van der Waals surface area (Å²) < 4.78 is 80.3. The lowest BCUT2D eigenvalue weighted by molar-refractivity contribution is -0.145. The van der Waals surface area contributed by atoms with Crippen LogP contribution in [0, 0.1) is 6.92 Å². The first-order valence-corrected chi connectivity index (χ1v) is 18.8. The van der Waals surface area contributed by atoms with Crippen molar-refractivity contribution in [2.75, 3.05) is 18.2 Å². The van der Waals surface area contributed by atoms with Crippen molar-refractivity contribution < 1.29 is 55.0 Å². The second kappa shape index (κ2) is 14.7. The number of carbonyl (C=O) groups is 4. The van der Waals surface area contributed by atoms with Crippen molar-refractivity contribution in [3.63, 3.8) is 0 Å². The fourth-order valence-corrected chi connectivity index (χ4v) is 7.34. The molecular weight excluding hydrogens is 763 g/mol. The number of rotatable bonds is 13. The molecule has 5 aromatic rings. The number of halogens is 3. The van der Waals surface area contributed by atoms with Gasteiger partial charge in [0.25, 0.3) is 21.8 Å². The third-order valence-electron chi connectivity index (χ3n) is 9.24. The number of hydrogen-bond acceptors (Lipinski definition) is 11. The normalized spacial score (nSPS) is 16.3. The fourth-order valence-electron chi connectivity index (χ4n) is 6.33. The first-order valence-electron chi connectivity index (χ1n) is 17.4. The average molecular weight is 798 g/mol. The molecule has 0 bridgehead atoms. The number of nitrogens with zero attached hydrogens (tertiary/aromatic N) is 6. The molecule has 0 saturated carbocycles. The van der Waals surface area contributed by atoms with Crippen molar-refractivity contribution in [3.05, 3.63) is 101 Å². The van der Waals surface area contributed by atoms with E-state index in [9.17, 15) is 40.8 Å². The molecule has 0 aliphatic carbocycles. The van der Waals surface area contributed by atoms with E-state index in [1.807, 2.05) is 11.6 Å². The Morgan fingerprint density at radius 3 is 2.29 bits per heavy atom. The van der Waals surface area contributed by atoms with Gasteiger partial charge in [0.2, 0.25) is 12.1 Å². The van der Waals surface area contributed by atoms with Gasteiger partial charge in [-0.2, -0.15) is 22.9 Å². The van der Waals surface area contributed by atoms with Gasteiger partial charge >= 0.3 is 12.1 Å². The molecule has 2 aliphatic heterocycles. The number of fused-ring (bicyclic) bond motifs is 1. The molecule has 2 aliphatic rings. The molecule has 1 unspecified atom stereocenters. The van der Waals surface area contributed by atoms with Gasteiger partial charge in [-0.3, -0.25) is 24.2 Å². The summed E-state index contributed by atoms with van der Waals surface area (Å²) in [6, 6.07) is 18.5. The zero-order chi connectivity index (χ0) is 39.9. The Kier molecular flexibility index (Phi) is 9.99. The van der Waals surface area contributed by atoms with Crippen LogP contribution in [-0.4, -0.2) is 82.2 Å². The molecule has 294 valence electrons. The Morgan fingerprint density at radius 1 is 0.982 bits per heavy atom. The van der Waals surface area contributed by atoms with Gasteiger partial charge in [0.05, 0.1) is 44.8 Å². The van der Waals surface area contributed by atoms with Crippen molar-refractivity contribution >= 4 is 33.7 Å². The number of aromatic nitrogens is 4. The molecule has 3 amide bonds. The minimum Gasteiger partial charge on any atom is -0.463 e. The number of alkyl halides is 3. The molecule has 3 aromatic carbocycles. The molecule has 20 heteroatoms. The number of ether oxygens (including phenoxy) is 1. The van der Waals surface area contributed by atoms with Crippen LogP contribution in [0.1, 0.15) is 64.6 Å². The van der Waals surface area contributed by atoms with E-state index >= 15 is 0 Å². The van der Waals surface area contributed by atoms with E-state index in [-0.39, 0.29) is 40.1 Å². The number of sulfonamides is 1. The molecule has 7 rings (SSSR count). The maximum Gasteiger partial charge on any atom is 0.435 e. The van der Waals surface area contributed by atoms with Crippen LogP contribution < -0.4 is 14.6 Å². The van der Waals surface area contributed by atoms with Crippen LogP contribution in [0.2, 0.25) is 0 Å². The highest BCUT2D eigenvalue weighted by Gasteiger charge is 2.41. The quantitative estimate of drug-likeness (QED) is 0.134. The zero-order valence-electron chi connectivity index (χ0n) is 29.8. The van der Waals surface area contributed by atoms with Crippen LogP contribution in [0.3, 0.4) is 0 Å². The third kappa shape index (κ3) is 7.77. The number of carbonyl (C=O) groups excluding carboxylic acids is 4. The molecule has 1 fully saturated rings. The number of nitrogens with one attached hydrogen (secondary N) is 1. The summed E-state index contributed by atoms with van der Waals surface area (Å²) in [5, 5.41) is 6.43. The highest BCUT2D eigenvalue weighted by molar-refractivity contribution is 7.90. The first-order chi connectivity index (χ1) is 26.6.